The molecule has 3 aliphatic heterocycles. The quantitative estimate of drug-likeness (QED) is 0.536. The van der Waals surface area contributed by atoms with E-state index >= 15 is 0 Å². The number of halogens is 2. The van der Waals surface area contributed by atoms with Crippen LogP contribution in [-0.2, 0) is 26.2 Å². The van der Waals surface area contributed by atoms with Gasteiger partial charge in [-0.15, -0.1) is 0 Å². The molecule has 5 rings (SSSR count). The van der Waals surface area contributed by atoms with Crippen LogP contribution in [0.25, 0.3) is 0 Å². The topological polar surface area (TPSA) is 101 Å². The first-order valence-corrected chi connectivity index (χ1v) is 14.7. The Bertz CT molecular complexity index is 1340. The number of oxime groups is 1. The van der Waals surface area contributed by atoms with Crippen LogP contribution in [0.15, 0.2) is 52.5 Å². The first-order valence-electron chi connectivity index (χ1n) is 12.5. The fourth-order valence-electron chi connectivity index (χ4n) is 5.25. The number of carbonyl (C=O) groups excluding carboxylic acids is 1. The normalized spacial score (nSPS) is 21.8. The molecule has 1 spiro atoms. The van der Waals surface area contributed by atoms with Gasteiger partial charge in [-0.3, -0.25) is 9.69 Å². The monoisotopic (exact) mass is 580 g/mol. The van der Waals surface area contributed by atoms with Gasteiger partial charge in [0.05, 0.1) is 12.1 Å². The number of benzene rings is 2. The molecule has 2 fully saturated rings. The van der Waals surface area contributed by atoms with Crippen LogP contribution in [0.3, 0.4) is 0 Å². The van der Waals surface area contributed by atoms with E-state index in [1.807, 2.05) is 18.2 Å². The largest absolute Gasteiger partial charge is 0.497 e. The number of hydrogen-bond donors (Lipinski definition) is 1. The first kappa shape index (κ1) is 27.2. The highest BCUT2D eigenvalue weighted by Crippen LogP contribution is 2.37. The molecule has 2 aromatic rings. The van der Waals surface area contributed by atoms with Crippen LogP contribution in [0.2, 0.25) is 10.0 Å². The molecule has 204 valence electrons. The third-order valence-electron chi connectivity index (χ3n) is 7.39. The standard InChI is InChI=1S/C26H30Cl2N4O5S/c1-36-21-4-2-3-18(13-21)16-31-10-7-20(17-31)29-25(33)23-15-26(37-30-23)8-11-32(12-9-26)38(34,35)24-14-19(27)5-6-22(24)28/h2-6,13-14,20H,7-12,15-17H2,1H3,(H,29,33). The minimum atomic E-state index is -3.81. The summed E-state index contributed by atoms with van der Waals surface area (Å²) in [5.41, 5.74) is 0.841. The molecule has 0 bridgehead atoms. The van der Waals surface area contributed by atoms with Crippen molar-refractivity contribution in [3.63, 3.8) is 0 Å². The maximum Gasteiger partial charge on any atom is 0.269 e. The number of ether oxygens (including phenoxy) is 1. The second kappa shape index (κ2) is 11.0. The van der Waals surface area contributed by atoms with Crippen LogP contribution in [0.1, 0.15) is 31.2 Å². The van der Waals surface area contributed by atoms with Gasteiger partial charge in [-0.1, -0.05) is 40.5 Å². The summed E-state index contributed by atoms with van der Waals surface area (Å²) in [6, 6.07) is 12.4. The van der Waals surface area contributed by atoms with Crippen LogP contribution >= 0.6 is 23.2 Å². The van der Waals surface area contributed by atoms with Crippen molar-refractivity contribution in [1.29, 1.82) is 0 Å². The van der Waals surface area contributed by atoms with Gasteiger partial charge in [0.2, 0.25) is 10.0 Å². The number of piperidine rings is 1. The maximum absolute atomic E-state index is 13.1. The second-order valence-corrected chi connectivity index (χ2v) is 12.8. The molecule has 0 aliphatic carbocycles. The number of nitrogens with zero attached hydrogens (tertiary/aromatic N) is 3. The van der Waals surface area contributed by atoms with Gasteiger partial charge in [0, 0.05) is 63.1 Å². The zero-order valence-electron chi connectivity index (χ0n) is 21.0. The Kier molecular flexibility index (Phi) is 7.89. The maximum atomic E-state index is 13.1. The van der Waals surface area contributed by atoms with Crippen LogP contribution in [0.5, 0.6) is 5.75 Å². The lowest BCUT2D eigenvalue weighted by Crippen LogP contribution is -2.47. The van der Waals surface area contributed by atoms with Gasteiger partial charge in [0.15, 0.2) is 0 Å². The van der Waals surface area contributed by atoms with E-state index in [2.05, 4.69) is 21.4 Å². The zero-order valence-corrected chi connectivity index (χ0v) is 23.4. The third-order valence-corrected chi connectivity index (χ3v) is 10.0. The van der Waals surface area contributed by atoms with E-state index in [-0.39, 0.29) is 35.0 Å². The summed E-state index contributed by atoms with van der Waals surface area (Å²) in [6.45, 7) is 2.89. The molecule has 0 radical (unpaired) electrons. The van der Waals surface area contributed by atoms with Gasteiger partial charge in [-0.25, -0.2) is 8.42 Å². The molecule has 12 heteroatoms. The van der Waals surface area contributed by atoms with Crippen molar-refractivity contribution in [2.45, 2.75) is 48.8 Å². The summed E-state index contributed by atoms with van der Waals surface area (Å²) in [5.74, 6) is 0.604. The van der Waals surface area contributed by atoms with Gasteiger partial charge >= 0.3 is 0 Å². The molecule has 1 atom stereocenters. The Morgan fingerprint density at radius 1 is 1.18 bits per heavy atom. The van der Waals surface area contributed by atoms with E-state index in [4.69, 9.17) is 32.8 Å². The van der Waals surface area contributed by atoms with Crippen LogP contribution in [0, 0.1) is 0 Å². The summed E-state index contributed by atoms with van der Waals surface area (Å²) in [4.78, 5) is 21.0. The average molecular weight is 582 g/mol. The Hall–Kier alpha value is -2.37. The number of amides is 1. The van der Waals surface area contributed by atoms with Gasteiger partial charge in [-0.2, -0.15) is 4.31 Å². The van der Waals surface area contributed by atoms with Gasteiger partial charge in [-0.05, 0) is 42.3 Å². The van der Waals surface area contributed by atoms with E-state index in [0.717, 1.165) is 37.4 Å². The van der Waals surface area contributed by atoms with Gasteiger partial charge < -0.3 is 14.9 Å². The number of carbonyl (C=O) groups is 1. The lowest BCUT2D eigenvalue weighted by molar-refractivity contribution is -0.115. The Morgan fingerprint density at radius 2 is 1.97 bits per heavy atom. The highest BCUT2D eigenvalue weighted by Gasteiger charge is 2.46. The lowest BCUT2D eigenvalue weighted by Gasteiger charge is -2.36. The summed E-state index contributed by atoms with van der Waals surface area (Å²) in [7, 11) is -2.15. The molecule has 1 unspecified atom stereocenters. The van der Waals surface area contributed by atoms with Gasteiger partial charge in [0.1, 0.15) is 22.0 Å². The van der Waals surface area contributed by atoms with E-state index in [0.29, 0.717) is 30.0 Å². The van der Waals surface area contributed by atoms with E-state index in [1.54, 1.807) is 13.2 Å². The predicted molar refractivity (Wildman–Crippen MR) is 145 cm³/mol. The second-order valence-electron chi connectivity index (χ2n) is 10.0. The number of methoxy groups -OCH3 is 1. The molecule has 0 saturated carbocycles. The van der Waals surface area contributed by atoms with Crippen LogP contribution in [0.4, 0.5) is 0 Å². The molecule has 3 heterocycles. The molecule has 2 saturated heterocycles. The molecule has 0 aromatic heterocycles. The van der Waals surface area contributed by atoms with Gasteiger partial charge in [0.25, 0.3) is 5.91 Å². The van der Waals surface area contributed by atoms with Crippen molar-refractivity contribution < 1.29 is 22.8 Å². The molecule has 1 amide bonds. The fraction of sp³-hybridized carbons (Fsp3) is 0.462. The Labute approximate surface area is 232 Å². The summed E-state index contributed by atoms with van der Waals surface area (Å²) in [6.07, 6.45) is 2.05. The summed E-state index contributed by atoms with van der Waals surface area (Å²) < 4.78 is 33.0. The van der Waals surface area contributed by atoms with Crippen molar-refractivity contribution in [3.05, 3.63) is 58.1 Å². The molecule has 38 heavy (non-hydrogen) atoms. The molecular weight excluding hydrogens is 551 g/mol. The van der Waals surface area contributed by atoms with Crippen molar-refractivity contribution in [2.24, 2.45) is 5.16 Å². The third kappa shape index (κ3) is 5.79. The molecule has 9 nitrogen and oxygen atoms in total. The van der Waals surface area contributed by atoms with E-state index in [1.165, 1.54) is 16.4 Å². The number of sulfonamides is 1. The first-order chi connectivity index (χ1) is 18.2. The molecule has 3 aliphatic rings. The lowest BCUT2D eigenvalue weighted by atomic mass is 9.87. The van der Waals surface area contributed by atoms with Crippen LogP contribution in [-0.4, -0.2) is 74.2 Å². The number of nitrogens with one attached hydrogen (secondary N) is 1. The van der Waals surface area contributed by atoms with Crippen molar-refractivity contribution >= 4 is 44.8 Å². The summed E-state index contributed by atoms with van der Waals surface area (Å²) >= 11 is 12.1. The fourth-order valence-corrected chi connectivity index (χ4v) is 7.43. The van der Waals surface area contributed by atoms with Crippen molar-refractivity contribution in [2.75, 3.05) is 33.3 Å². The SMILES string of the molecule is COc1cccc(CN2CCC(NC(=O)C3=NOC4(CCN(S(=O)(=O)c5cc(Cl)ccc5Cl)CC4)C3)C2)c1. The zero-order chi connectivity index (χ0) is 26.9. The number of likely N-dealkylation sites (tertiary alicyclic amines) is 1. The molecular formula is C26H30Cl2N4O5S. The minimum absolute atomic E-state index is 0.0108. The van der Waals surface area contributed by atoms with Crippen LogP contribution < -0.4 is 10.1 Å². The summed E-state index contributed by atoms with van der Waals surface area (Å²) in [5, 5.41) is 7.63. The number of rotatable bonds is 7. The Morgan fingerprint density at radius 3 is 2.74 bits per heavy atom. The van der Waals surface area contributed by atoms with Crippen molar-refractivity contribution in [3.8, 4) is 5.75 Å². The highest BCUT2D eigenvalue weighted by atomic mass is 35.5. The van der Waals surface area contributed by atoms with E-state index < -0.39 is 15.6 Å². The van der Waals surface area contributed by atoms with E-state index in [9.17, 15) is 13.2 Å². The predicted octanol–water partition coefficient (Wildman–Crippen LogP) is 3.69. The Balaban J connectivity index is 1.12. The molecule has 1 N–H and O–H groups in total. The van der Waals surface area contributed by atoms with Crippen molar-refractivity contribution in [1.82, 2.24) is 14.5 Å². The number of hydrogen-bond acceptors (Lipinski definition) is 7. The minimum Gasteiger partial charge on any atom is -0.497 e. The highest BCUT2D eigenvalue weighted by molar-refractivity contribution is 7.89. The smallest absolute Gasteiger partial charge is 0.269 e. The molecule has 2 aromatic carbocycles. The average Bonchev–Trinajstić information content (AvgIpc) is 3.52.